The molecule has 4 heteroatoms. The summed E-state index contributed by atoms with van der Waals surface area (Å²) in [5, 5.41) is -0.713. The normalized spacial score (nSPS) is 11.9. The molecule has 0 saturated heterocycles. The fourth-order valence-electron chi connectivity index (χ4n) is 1.32. The molecule has 1 aromatic rings. The van der Waals surface area contributed by atoms with Gasteiger partial charge in [0.15, 0.2) is 11.0 Å². The van der Waals surface area contributed by atoms with E-state index in [0.717, 1.165) is 5.56 Å². The second-order valence-corrected chi connectivity index (χ2v) is 4.63. The number of ketones is 1. The number of hydrogen-bond acceptors (Lipinski definition) is 4. The number of ether oxygens (including phenoxy) is 1. The van der Waals surface area contributed by atoms with Gasteiger partial charge < -0.3 is 4.74 Å². The third kappa shape index (κ3) is 4.61. The lowest BCUT2D eigenvalue weighted by Crippen LogP contribution is -2.27. The lowest BCUT2D eigenvalue weighted by molar-refractivity contribution is -0.144. The molecule has 0 N–H and O–H groups in total. The Bertz CT molecular complexity index is 376. The standard InChI is InChI=1S/C13H16O3S/c1-3-16-13(15)12(10(2)14)17-9-11-7-5-4-6-8-11/h4-8,12H,3,9H2,1-2H3. The van der Waals surface area contributed by atoms with Crippen molar-refractivity contribution in [2.45, 2.75) is 24.9 Å². The Labute approximate surface area is 106 Å². The lowest BCUT2D eigenvalue weighted by atomic mass is 10.2. The molecular formula is C13H16O3S. The molecule has 0 aliphatic carbocycles. The minimum absolute atomic E-state index is 0.163. The zero-order valence-electron chi connectivity index (χ0n) is 10.0. The van der Waals surface area contributed by atoms with Gasteiger partial charge in [0, 0.05) is 5.75 Å². The summed E-state index contributed by atoms with van der Waals surface area (Å²) >= 11 is 1.31. The molecule has 0 bridgehead atoms. The smallest absolute Gasteiger partial charge is 0.326 e. The minimum atomic E-state index is -0.713. The Kier molecular flexibility index (Phi) is 5.77. The first-order valence-electron chi connectivity index (χ1n) is 5.47. The van der Waals surface area contributed by atoms with E-state index in [2.05, 4.69) is 0 Å². The highest BCUT2D eigenvalue weighted by molar-refractivity contribution is 8.00. The predicted octanol–water partition coefficient (Wildman–Crippen LogP) is 2.44. The van der Waals surface area contributed by atoms with Crippen molar-refractivity contribution < 1.29 is 14.3 Å². The van der Waals surface area contributed by atoms with E-state index in [0.29, 0.717) is 12.4 Å². The molecule has 0 aromatic heterocycles. The molecule has 0 heterocycles. The molecule has 3 nitrogen and oxygen atoms in total. The fraction of sp³-hybridized carbons (Fsp3) is 0.385. The zero-order valence-corrected chi connectivity index (χ0v) is 10.8. The van der Waals surface area contributed by atoms with Crippen LogP contribution in [0.2, 0.25) is 0 Å². The highest BCUT2D eigenvalue weighted by Crippen LogP contribution is 2.19. The van der Waals surface area contributed by atoms with Crippen LogP contribution in [0.25, 0.3) is 0 Å². The van der Waals surface area contributed by atoms with E-state index in [4.69, 9.17) is 4.74 Å². The van der Waals surface area contributed by atoms with Crippen molar-refractivity contribution in [1.82, 2.24) is 0 Å². The second kappa shape index (κ2) is 7.12. The van der Waals surface area contributed by atoms with Crippen LogP contribution >= 0.6 is 11.8 Å². The third-order valence-electron chi connectivity index (χ3n) is 2.13. The quantitative estimate of drug-likeness (QED) is 0.576. The summed E-state index contributed by atoms with van der Waals surface area (Å²) < 4.78 is 4.87. The Balaban J connectivity index is 2.56. The first-order chi connectivity index (χ1) is 8.15. The number of carbonyl (C=O) groups is 2. The van der Waals surface area contributed by atoms with Crippen LogP contribution in [0.4, 0.5) is 0 Å². The van der Waals surface area contributed by atoms with Crippen molar-refractivity contribution in [3.05, 3.63) is 35.9 Å². The number of hydrogen-bond donors (Lipinski definition) is 0. The van der Waals surface area contributed by atoms with Gasteiger partial charge in [0.25, 0.3) is 0 Å². The molecule has 0 radical (unpaired) electrons. The maximum absolute atomic E-state index is 11.5. The lowest BCUT2D eigenvalue weighted by Gasteiger charge is -2.11. The molecule has 0 aliphatic heterocycles. The topological polar surface area (TPSA) is 43.4 Å². The van der Waals surface area contributed by atoms with Crippen LogP contribution in [0.5, 0.6) is 0 Å². The molecule has 0 amide bonds. The monoisotopic (exact) mass is 252 g/mol. The highest BCUT2D eigenvalue weighted by atomic mass is 32.2. The average molecular weight is 252 g/mol. The van der Waals surface area contributed by atoms with E-state index in [-0.39, 0.29) is 5.78 Å². The van der Waals surface area contributed by atoms with Crippen molar-refractivity contribution in [3.63, 3.8) is 0 Å². The van der Waals surface area contributed by atoms with Crippen LogP contribution in [-0.4, -0.2) is 23.6 Å². The van der Waals surface area contributed by atoms with Gasteiger partial charge in [-0.05, 0) is 19.4 Å². The Hall–Kier alpha value is -1.29. The Morgan fingerprint density at radius 2 is 1.94 bits per heavy atom. The zero-order chi connectivity index (χ0) is 12.7. The second-order valence-electron chi connectivity index (χ2n) is 3.54. The van der Waals surface area contributed by atoms with E-state index in [9.17, 15) is 9.59 Å². The summed E-state index contributed by atoms with van der Waals surface area (Å²) in [7, 11) is 0. The van der Waals surface area contributed by atoms with Gasteiger partial charge in [-0.2, -0.15) is 0 Å². The van der Waals surface area contributed by atoms with Crippen molar-refractivity contribution in [1.29, 1.82) is 0 Å². The number of benzene rings is 1. The Morgan fingerprint density at radius 3 is 2.47 bits per heavy atom. The van der Waals surface area contributed by atoms with E-state index in [1.54, 1.807) is 6.92 Å². The number of thioether (sulfide) groups is 1. The molecule has 0 spiro atoms. The van der Waals surface area contributed by atoms with Crippen LogP contribution in [0.15, 0.2) is 30.3 Å². The van der Waals surface area contributed by atoms with Crippen molar-refractivity contribution >= 4 is 23.5 Å². The van der Waals surface area contributed by atoms with Crippen LogP contribution in [0.1, 0.15) is 19.4 Å². The first-order valence-corrected chi connectivity index (χ1v) is 6.52. The molecule has 0 fully saturated rings. The average Bonchev–Trinajstić information content (AvgIpc) is 2.30. The number of carbonyl (C=O) groups excluding carboxylic acids is 2. The summed E-state index contributed by atoms with van der Waals surface area (Å²) in [4.78, 5) is 22.9. The van der Waals surface area contributed by atoms with E-state index >= 15 is 0 Å². The maximum atomic E-state index is 11.5. The van der Waals surface area contributed by atoms with Crippen LogP contribution in [-0.2, 0) is 20.1 Å². The highest BCUT2D eigenvalue weighted by Gasteiger charge is 2.24. The summed E-state index contributed by atoms with van der Waals surface area (Å²) in [6.07, 6.45) is 0. The summed E-state index contributed by atoms with van der Waals surface area (Å²) in [6.45, 7) is 3.45. The maximum Gasteiger partial charge on any atom is 0.326 e. The van der Waals surface area contributed by atoms with E-state index in [1.165, 1.54) is 18.7 Å². The van der Waals surface area contributed by atoms with E-state index < -0.39 is 11.2 Å². The van der Waals surface area contributed by atoms with Gasteiger partial charge in [-0.15, -0.1) is 11.8 Å². The van der Waals surface area contributed by atoms with Crippen molar-refractivity contribution in [3.8, 4) is 0 Å². The van der Waals surface area contributed by atoms with Gasteiger partial charge in [-0.25, -0.2) is 0 Å². The third-order valence-corrected chi connectivity index (χ3v) is 3.49. The molecular weight excluding hydrogens is 236 g/mol. The van der Waals surface area contributed by atoms with Crippen LogP contribution < -0.4 is 0 Å². The largest absolute Gasteiger partial charge is 0.465 e. The summed E-state index contributed by atoms with van der Waals surface area (Å²) in [5.41, 5.74) is 1.09. The first kappa shape index (κ1) is 13.8. The van der Waals surface area contributed by atoms with Crippen molar-refractivity contribution in [2.24, 2.45) is 0 Å². The van der Waals surface area contributed by atoms with Gasteiger partial charge in [0.2, 0.25) is 0 Å². The van der Waals surface area contributed by atoms with E-state index in [1.807, 2.05) is 30.3 Å². The van der Waals surface area contributed by atoms with Gasteiger partial charge in [0.05, 0.1) is 6.61 Å². The van der Waals surface area contributed by atoms with Gasteiger partial charge in [0.1, 0.15) is 0 Å². The Morgan fingerprint density at radius 1 is 1.29 bits per heavy atom. The molecule has 1 rings (SSSR count). The fourth-order valence-corrected chi connectivity index (χ4v) is 2.31. The summed E-state index contributed by atoms with van der Waals surface area (Å²) in [5.74, 6) is 0.0227. The molecule has 1 atom stereocenters. The van der Waals surface area contributed by atoms with Gasteiger partial charge >= 0.3 is 5.97 Å². The summed E-state index contributed by atoms with van der Waals surface area (Å²) in [6, 6.07) is 9.73. The molecule has 0 saturated carbocycles. The molecule has 92 valence electrons. The van der Waals surface area contributed by atoms with Crippen LogP contribution in [0, 0.1) is 0 Å². The molecule has 0 aliphatic rings. The minimum Gasteiger partial charge on any atom is -0.465 e. The van der Waals surface area contributed by atoms with Crippen molar-refractivity contribution in [2.75, 3.05) is 6.61 Å². The molecule has 1 unspecified atom stereocenters. The van der Waals surface area contributed by atoms with Crippen LogP contribution in [0.3, 0.4) is 0 Å². The molecule has 1 aromatic carbocycles. The number of Topliss-reactive ketones (excluding diaryl/α,β-unsaturated/α-hetero) is 1. The predicted molar refractivity (Wildman–Crippen MR) is 68.8 cm³/mol. The number of rotatable bonds is 6. The SMILES string of the molecule is CCOC(=O)C(SCc1ccccc1)C(C)=O. The number of esters is 1. The molecule has 17 heavy (non-hydrogen) atoms. The van der Waals surface area contributed by atoms with Gasteiger partial charge in [-0.3, -0.25) is 9.59 Å². The van der Waals surface area contributed by atoms with Gasteiger partial charge in [-0.1, -0.05) is 30.3 Å².